The van der Waals surface area contributed by atoms with Crippen molar-refractivity contribution in [1.82, 2.24) is 9.80 Å². The van der Waals surface area contributed by atoms with Gasteiger partial charge in [0.25, 0.3) is 5.91 Å². The van der Waals surface area contributed by atoms with Gasteiger partial charge in [0.2, 0.25) is 5.91 Å². The molecule has 0 fully saturated rings. The molecule has 1 unspecified atom stereocenters. The van der Waals surface area contributed by atoms with E-state index in [-0.39, 0.29) is 18.5 Å². The highest BCUT2D eigenvalue weighted by Crippen LogP contribution is 2.29. The Balaban J connectivity index is 1.73. The van der Waals surface area contributed by atoms with Crippen molar-refractivity contribution < 1.29 is 19.1 Å². The summed E-state index contributed by atoms with van der Waals surface area (Å²) >= 11 is 5.98. The van der Waals surface area contributed by atoms with Crippen LogP contribution in [0.1, 0.15) is 34.3 Å². The number of methoxy groups -OCH3 is 1. The fraction of sp³-hybridized carbons (Fsp3) is 0.348. The largest absolute Gasteiger partial charge is 0.385 e. The maximum Gasteiger partial charge on any atom is 0.321 e. The summed E-state index contributed by atoms with van der Waals surface area (Å²) in [5, 5.41) is 3.33. The molecule has 3 rings (SSSR count). The van der Waals surface area contributed by atoms with Gasteiger partial charge in [0.05, 0.1) is 0 Å². The third-order valence-corrected chi connectivity index (χ3v) is 5.69. The number of nitrogens with two attached hydrogens (primary N) is 1. The summed E-state index contributed by atoms with van der Waals surface area (Å²) in [5.41, 5.74) is 8.36. The van der Waals surface area contributed by atoms with Crippen molar-refractivity contribution in [3.63, 3.8) is 0 Å². The molecular formula is C23H27ClN4O4. The molecule has 0 aliphatic carbocycles. The molecule has 1 heterocycles. The summed E-state index contributed by atoms with van der Waals surface area (Å²) in [6, 6.07) is 11.3. The van der Waals surface area contributed by atoms with Gasteiger partial charge in [0, 0.05) is 50.1 Å². The zero-order chi connectivity index (χ0) is 23.3. The van der Waals surface area contributed by atoms with E-state index >= 15 is 0 Å². The molecule has 2 aromatic carbocycles. The second-order valence-electron chi connectivity index (χ2n) is 7.73. The van der Waals surface area contributed by atoms with Gasteiger partial charge < -0.3 is 25.6 Å². The molecule has 1 aliphatic heterocycles. The first-order valence-electron chi connectivity index (χ1n) is 10.3. The average molecular weight is 459 g/mol. The van der Waals surface area contributed by atoms with Crippen LogP contribution in [0.5, 0.6) is 0 Å². The third-order valence-electron chi connectivity index (χ3n) is 5.45. The third kappa shape index (κ3) is 5.38. The predicted octanol–water partition coefficient (Wildman–Crippen LogP) is 3.24. The Morgan fingerprint density at radius 3 is 2.72 bits per heavy atom. The molecule has 0 saturated carbocycles. The van der Waals surface area contributed by atoms with Crippen molar-refractivity contribution in [1.29, 1.82) is 0 Å². The Morgan fingerprint density at radius 2 is 2.03 bits per heavy atom. The van der Waals surface area contributed by atoms with Crippen molar-refractivity contribution in [2.24, 2.45) is 5.73 Å². The molecule has 0 saturated heterocycles. The van der Waals surface area contributed by atoms with Crippen molar-refractivity contribution >= 4 is 35.1 Å². The molecule has 3 N–H and O–H groups in total. The number of ether oxygens (including phenoxy) is 1. The number of benzene rings is 2. The van der Waals surface area contributed by atoms with Crippen LogP contribution in [-0.2, 0) is 22.6 Å². The van der Waals surface area contributed by atoms with Crippen LogP contribution in [0, 0.1) is 0 Å². The molecule has 0 bridgehead atoms. The van der Waals surface area contributed by atoms with E-state index in [9.17, 15) is 14.4 Å². The van der Waals surface area contributed by atoms with Crippen molar-refractivity contribution in [2.45, 2.75) is 32.0 Å². The minimum Gasteiger partial charge on any atom is -0.385 e. The van der Waals surface area contributed by atoms with Gasteiger partial charge in [-0.05, 0) is 48.2 Å². The second kappa shape index (κ2) is 10.5. The van der Waals surface area contributed by atoms with E-state index in [4.69, 9.17) is 22.1 Å². The molecule has 8 nitrogen and oxygen atoms in total. The summed E-state index contributed by atoms with van der Waals surface area (Å²) in [4.78, 5) is 40.7. The van der Waals surface area contributed by atoms with Crippen molar-refractivity contribution in [3.05, 3.63) is 64.2 Å². The Morgan fingerprint density at radius 1 is 1.28 bits per heavy atom. The molecule has 9 heteroatoms. The van der Waals surface area contributed by atoms with Crippen LogP contribution in [-0.4, -0.2) is 54.5 Å². The SMILES string of the molecule is COCCCC(C(N)=O)N1Cc2c(CN(C)C(=O)Nc3cccc(Cl)c3)cccc2C1=O. The van der Waals surface area contributed by atoms with Crippen LogP contribution in [0.3, 0.4) is 0 Å². The smallest absolute Gasteiger partial charge is 0.321 e. The number of amides is 4. The zero-order valence-corrected chi connectivity index (χ0v) is 18.9. The van der Waals surface area contributed by atoms with Gasteiger partial charge in [-0.15, -0.1) is 0 Å². The lowest BCUT2D eigenvalue weighted by atomic mass is 10.0. The summed E-state index contributed by atoms with van der Waals surface area (Å²) in [6.45, 7) is 1.05. The molecule has 2 aromatic rings. The van der Waals surface area contributed by atoms with Crippen LogP contribution in [0.15, 0.2) is 42.5 Å². The summed E-state index contributed by atoms with van der Waals surface area (Å²) in [7, 11) is 3.26. The normalized spacial score (nSPS) is 13.6. The number of urea groups is 1. The monoisotopic (exact) mass is 458 g/mol. The maximum atomic E-state index is 13.0. The summed E-state index contributed by atoms with van der Waals surface area (Å²) in [5.74, 6) is -0.768. The Bertz CT molecular complexity index is 1010. The molecule has 32 heavy (non-hydrogen) atoms. The standard InChI is InChI=1S/C23H27ClN4O4/c1-27(23(31)26-17-8-4-7-16(24)12-17)13-15-6-3-9-18-19(15)14-28(22(18)30)20(21(25)29)10-5-11-32-2/h3-4,6-9,12,20H,5,10-11,13-14H2,1-2H3,(H2,25,29)(H,26,31). The first kappa shape index (κ1) is 23.6. The number of hydrogen-bond acceptors (Lipinski definition) is 4. The first-order valence-corrected chi connectivity index (χ1v) is 10.7. The lowest BCUT2D eigenvalue weighted by Crippen LogP contribution is -2.45. The van der Waals surface area contributed by atoms with Crippen LogP contribution >= 0.6 is 11.6 Å². The van der Waals surface area contributed by atoms with E-state index in [1.807, 2.05) is 6.07 Å². The number of carbonyl (C=O) groups is 3. The van der Waals surface area contributed by atoms with E-state index in [1.165, 1.54) is 9.80 Å². The quantitative estimate of drug-likeness (QED) is 0.562. The van der Waals surface area contributed by atoms with Crippen LogP contribution in [0.25, 0.3) is 0 Å². The molecule has 1 atom stereocenters. The number of fused-ring (bicyclic) bond motifs is 1. The molecule has 0 radical (unpaired) electrons. The highest BCUT2D eigenvalue weighted by molar-refractivity contribution is 6.30. The van der Waals surface area contributed by atoms with E-state index in [0.29, 0.717) is 42.3 Å². The van der Waals surface area contributed by atoms with Gasteiger partial charge in [0.15, 0.2) is 0 Å². The zero-order valence-electron chi connectivity index (χ0n) is 18.1. The molecule has 1 aliphatic rings. The minimum absolute atomic E-state index is 0.228. The fourth-order valence-electron chi connectivity index (χ4n) is 3.80. The highest BCUT2D eigenvalue weighted by Gasteiger charge is 2.36. The number of nitrogens with one attached hydrogen (secondary N) is 1. The Kier molecular flexibility index (Phi) is 7.71. The molecular weight excluding hydrogens is 432 g/mol. The number of carbonyl (C=O) groups excluding carboxylic acids is 3. The lowest BCUT2D eigenvalue weighted by Gasteiger charge is -2.25. The van der Waals surface area contributed by atoms with E-state index in [2.05, 4.69) is 5.32 Å². The maximum absolute atomic E-state index is 13.0. The van der Waals surface area contributed by atoms with Gasteiger partial charge in [0.1, 0.15) is 6.04 Å². The number of halogens is 1. The highest BCUT2D eigenvalue weighted by atomic mass is 35.5. The number of primary amides is 1. The number of anilines is 1. The van der Waals surface area contributed by atoms with Gasteiger partial charge in [-0.3, -0.25) is 9.59 Å². The van der Waals surface area contributed by atoms with Crippen LogP contribution in [0.4, 0.5) is 10.5 Å². The average Bonchev–Trinajstić information content (AvgIpc) is 3.08. The Hall–Kier alpha value is -3.10. The molecule has 170 valence electrons. The lowest BCUT2D eigenvalue weighted by molar-refractivity contribution is -0.122. The van der Waals surface area contributed by atoms with Gasteiger partial charge >= 0.3 is 6.03 Å². The van der Waals surface area contributed by atoms with Crippen molar-refractivity contribution in [3.8, 4) is 0 Å². The fourth-order valence-corrected chi connectivity index (χ4v) is 3.99. The predicted molar refractivity (Wildman–Crippen MR) is 122 cm³/mol. The van der Waals surface area contributed by atoms with E-state index < -0.39 is 11.9 Å². The molecule has 0 aromatic heterocycles. The van der Waals surface area contributed by atoms with Gasteiger partial charge in [-0.2, -0.15) is 0 Å². The van der Waals surface area contributed by atoms with E-state index in [1.54, 1.807) is 50.6 Å². The van der Waals surface area contributed by atoms with Crippen LogP contribution in [0.2, 0.25) is 5.02 Å². The van der Waals surface area contributed by atoms with Gasteiger partial charge in [-0.1, -0.05) is 29.8 Å². The van der Waals surface area contributed by atoms with Gasteiger partial charge in [-0.25, -0.2) is 4.79 Å². The number of rotatable bonds is 9. The number of nitrogens with zero attached hydrogens (tertiary/aromatic N) is 2. The Labute approximate surface area is 192 Å². The minimum atomic E-state index is -0.707. The van der Waals surface area contributed by atoms with Crippen LogP contribution < -0.4 is 11.1 Å². The van der Waals surface area contributed by atoms with Crippen molar-refractivity contribution in [2.75, 3.05) is 26.1 Å². The molecule has 4 amide bonds. The molecule has 0 spiro atoms. The summed E-state index contributed by atoms with van der Waals surface area (Å²) < 4.78 is 5.05. The topological polar surface area (TPSA) is 105 Å². The second-order valence-corrected chi connectivity index (χ2v) is 8.16. The number of hydrogen-bond donors (Lipinski definition) is 2. The van der Waals surface area contributed by atoms with E-state index in [0.717, 1.165) is 11.1 Å². The summed E-state index contributed by atoms with van der Waals surface area (Å²) in [6.07, 6.45) is 1.05. The first-order chi connectivity index (χ1) is 15.3.